The maximum absolute atomic E-state index is 5.96. The van der Waals surface area contributed by atoms with Crippen LogP contribution in [-0.2, 0) is 13.0 Å². The first kappa shape index (κ1) is 17.8. The fourth-order valence-corrected chi connectivity index (χ4v) is 2.81. The topological polar surface area (TPSA) is 31.7 Å². The Kier molecular flexibility index (Phi) is 6.42. The molecule has 0 aliphatic rings. The molecule has 0 amide bonds. The van der Waals surface area contributed by atoms with E-state index in [0.29, 0.717) is 0 Å². The fourth-order valence-electron chi connectivity index (χ4n) is 2.64. The fraction of sp³-hybridized carbons (Fsp3) is 0.500. The summed E-state index contributed by atoms with van der Waals surface area (Å²) in [5.41, 5.74) is 2.20. The summed E-state index contributed by atoms with van der Waals surface area (Å²) < 4.78 is 5.96. The van der Waals surface area contributed by atoms with E-state index in [0.717, 1.165) is 48.9 Å². The normalized spacial score (nSPS) is 11.2. The van der Waals surface area contributed by atoms with Gasteiger partial charge in [-0.15, -0.1) is 0 Å². The Morgan fingerprint density at radius 3 is 2.65 bits per heavy atom. The van der Waals surface area contributed by atoms with Crippen LogP contribution in [0.15, 0.2) is 28.7 Å². The van der Waals surface area contributed by atoms with Crippen molar-refractivity contribution in [3.05, 3.63) is 35.6 Å². The van der Waals surface area contributed by atoms with Crippen molar-refractivity contribution in [1.82, 2.24) is 15.1 Å². The Hall–Kier alpha value is -1.59. The highest BCUT2D eigenvalue weighted by molar-refractivity contribution is 7.80. The molecule has 0 saturated heterocycles. The van der Waals surface area contributed by atoms with Crippen LogP contribution in [0.25, 0.3) is 11.0 Å². The molecular weight excluding hydrogens is 306 g/mol. The summed E-state index contributed by atoms with van der Waals surface area (Å²) in [5, 5.41) is 5.31. The van der Waals surface area contributed by atoms with Gasteiger partial charge in [-0.3, -0.25) is 0 Å². The predicted octanol–water partition coefficient (Wildman–Crippen LogP) is 3.25. The van der Waals surface area contributed by atoms with Crippen LogP contribution >= 0.6 is 12.2 Å². The molecule has 0 unspecified atom stereocenters. The highest BCUT2D eigenvalue weighted by atomic mass is 32.1. The van der Waals surface area contributed by atoms with Gasteiger partial charge in [0.2, 0.25) is 0 Å². The van der Waals surface area contributed by atoms with E-state index < -0.39 is 0 Å². The lowest BCUT2D eigenvalue weighted by atomic mass is 10.1. The van der Waals surface area contributed by atoms with Crippen LogP contribution in [0.5, 0.6) is 0 Å². The van der Waals surface area contributed by atoms with Crippen molar-refractivity contribution in [2.45, 2.75) is 26.3 Å². The van der Waals surface area contributed by atoms with Gasteiger partial charge in [0.1, 0.15) is 11.3 Å². The average Bonchev–Trinajstić information content (AvgIpc) is 2.89. The van der Waals surface area contributed by atoms with Crippen LogP contribution in [0.1, 0.15) is 24.7 Å². The molecule has 1 aromatic heterocycles. The van der Waals surface area contributed by atoms with Crippen molar-refractivity contribution in [2.24, 2.45) is 0 Å². The molecule has 0 aliphatic carbocycles. The minimum Gasteiger partial charge on any atom is -0.461 e. The maximum atomic E-state index is 5.96. The second kappa shape index (κ2) is 8.31. The van der Waals surface area contributed by atoms with Gasteiger partial charge >= 0.3 is 0 Å². The summed E-state index contributed by atoms with van der Waals surface area (Å²) in [5.74, 6) is 1.05. The van der Waals surface area contributed by atoms with Gasteiger partial charge in [-0.1, -0.05) is 25.1 Å². The molecule has 0 aliphatic heterocycles. The van der Waals surface area contributed by atoms with Gasteiger partial charge in [0.15, 0.2) is 5.11 Å². The summed E-state index contributed by atoms with van der Waals surface area (Å²) in [4.78, 5) is 4.26. The van der Waals surface area contributed by atoms with Gasteiger partial charge in [-0.25, -0.2) is 0 Å². The molecule has 4 nitrogen and oxygen atoms in total. The third-order valence-electron chi connectivity index (χ3n) is 3.90. The molecule has 0 spiro atoms. The predicted molar refractivity (Wildman–Crippen MR) is 101 cm³/mol. The number of nitrogens with zero attached hydrogens (tertiary/aromatic N) is 2. The number of furan rings is 1. The standard InChI is InChI=1S/C18H27N3OS/c1-5-16-15(14-9-6-7-10-17(14)22-16)13-21(4)18(23)19-11-8-12-20(2)3/h6-7,9-10H,5,8,11-13H2,1-4H3,(H,19,23). The molecule has 1 aromatic carbocycles. The van der Waals surface area contributed by atoms with Crippen molar-refractivity contribution < 1.29 is 4.42 Å². The third kappa shape index (κ3) is 4.69. The van der Waals surface area contributed by atoms with E-state index in [4.69, 9.17) is 16.6 Å². The van der Waals surface area contributed by atoms with Gasteiger partial charge in [0.05, 0.1) is 0 Å². The number of benzene rings is 1. The lowest BCUT2D eigenvalue weighted by Gasteiger charge is -2.21. The van der Waals surface area contributed by atoms with Crippen LogP contribution in [0.4, 0.5) is 0 Å². The summed E-state index contributed by atoms with van der Waals surface area (Å²) in [6.07, 6.45) is 1.97. The lowest BCUT2D eigenvalue weighted by molar-refractivity contribution is 0.397. The van der Waals surface area contributed by atoms with Crippen molar-refractivity contribution >= 4 is 28.3 Å². The largest absolute Gasteiger partial charge is 0.461 e. The molecule has 126 valence electrons. The molecule has 5 heteroatoms. The van der Waals surface area contributed by atoms with E-state index in [1.54, 1.807) is 0 Å². The molecule has 1 heterocycles. The Balaban J connectivity index is 1.99. The quantitative estimate of drug-likeness (QED) is 0.621. The second-order valence-corrected chi connectivity index (χ2v) is 6.49. The van der Waals surface area contributed by atoms with Crippen molar-refractivity contribution in [1.29, 1.82) is 0 Å². The van der Waals surface area contributed by atoms with E-state index in [1.165, 1.54) is 10.9 Å². The van der Waals surface area contributed by atoms with Crippen LogP contribution in [-0.4, -0.2) is 49.1 Å². The van der Waals surface area contributed by atoms with Crippen LogP contribution in [0.3, 0.4) is 0 Å². The second-order valence-electron chi connectivity index (χ2n) is 6.10. The van der Waals surface area contributed by atoms with Gasteiger partial charge < -0.3 is 19.5 Å². The Morgan fingerprint density at radius 2 is 1.96 bits per heavy atom. The molecule has 1 N–H and O–H groups in total. The van der Waals surface area contributed by atoms with E-state index >= 15 is 0 Å². The Labute approximate surface area is 144 Å². The number of nitrogens with one attached hydrogen (secondary N) is 1. The zero-order valence-electron chi connectivity index (χ0n) is 14.6. The highest BCUT2D eigenvalue weighted by Crippen LogP contribution is 2.27. The summed E-state index contributed by atoms with van der Waals surface area (Å²) in [6.45, 7) is 4.85. The van der Waals surface area contributed by atoms with Gasteiger partial charge in [-0.2, -0.15) is 0 Å². The molecule has 2 rings (SSSR count). The van der Waals surface area contributed by atoms with Gasteiger partial charge in [-0.05, 0) is 45.3 Å². The first-order valence-electron chi connectivity index (χ1n) is 8.16. The Morgan fingerprint density at radius 1 is 1.22 bits per heavy atom. The first-order chi connectivity index (χ1) is 11.0. The number of para-hydroxylation sites is 1. The summed E-state index contributed by atoms with van der Waals surface area (Å²) >= 11 is 5.50. The maximum Gasteiger partial charge on any atom is 0.168 e. The number of hydrogen-bond donors (Lipinski definition) is 1. The van der Waals surface area contributed by atoms with E-state index in [9.17, 15) is 0 Å². The zero-order chi connectivity index (χ0) is 16.8. The zero-order valence-corrected chi connectivity index (χ0v) is 15.4. The number of fused-ring (bicyclic) bond motifs is 1. The molecule has 23 heavy (non-hydrogen) atoms. The van der Waals surface area contributed by atoms with Crippen LogP contribution < -0.4 is 5.32 Å². The van der Waals surface area contributed by atoms with Gasteiger partial charge in [0, 0.05) is 37.5 Å². The lowest BCUT2D eigenvalue weighted by Crippen LogP contribution is -2.37. The number of rotatable bonds is 7. The molecule has 2 aromatic rings. The van der Waals surface area contributed by atoms with Crippen LogP contribution in [0.2, 0.25) is 0 Å². The van der Waals surface area contributed by atoms with E-state index in [-0.39, 0.29) is 0 Å². The average molecular weight is 334 g/mol. The minimum atomic E-state index is 0.764. The van der Waals surface area contributed by atoms with Gasteiger partial charge in [0.25, 0.3) is 0 Å². The van der Waals surface area contributed by atoms with Crippen LogP contribution in [0, 0.1) is 0 Å². The highest BCUT2D eigenvalue weighted by Gasteiger charge is 2.15. The Bertz CT molecular complexity index is 651. The molecule has 0 fully saturated rings. The molecule has 0 atom stereocenters. The summed E-state index contributed by atoms with van der Waals surface area (Å²) in [7, 11) is 6.20. The number of thiocarbonyl (C=S) groups is 1. The van der Waals surface area contributed by atoms with E-state index in [1.807, 2.05) is 19.2 Å². The molecule has 0 bridgehead atoms. The monoisotopic (exact) mass is 333 g/mol. The van der Waals surface area contributed by atoms with Crippen molar-refractivity contribution in [3.8, 4) is 0 Å². The summed E-state index contributed by atoms with van der Waals surface area (Å²) in [6, 6.07) is 8.21. The molecular formula is C18H27N3OS. The smallest absolute Gasteiger partial charge is 0.168 e. The molecule has 0 saturated carbocycles. The number of aryl methyl sites for hydroxylation is 1. The number of hydrogen-bond acceptors (Lipinski definition) is 3. The SMILES string of the molecule is CCc1oc2ccccc2c1CN(C)C(=S)NCCCN(C)C. The van der Waals surface area contributed by atoms with Crippen molar-refractivity contribution in [2.75, 3.05) is 34.2 Å². The van der Waals surface area contributed by atoms with Crippen molar-refractivity contribution in [3.63, 3.8) is 0 Å². The minimum absolute atomic E-state index is 0.764. The third-order valence-corrected chi connectivity index (χ3v) is 4.36. The molecule has 0 radical (unpaired) electrons. The van der Waals surface area contributed by atoms with E-state index in [2.05, 4.69) is 48.3 Å². The first-order valence-corrected chi connectivity index (χ1v) is 8.56.